The molecule has 7 heteroatoms. The lowest BCUT2D eigenvalue weighted by atomic mass is 10.1. The van der Waals surface area contributed by atoms with Gasteiger partial charge >= 0.3 is 5.97 Å². The summed E-state index contributed by atoms with van der Waals surface area (Å²) in [4.78, 5) is 22.7. The van der Waals surface area contributed by atoms with E-state index in [2.05, 4.69) is 4.72 Å². The Morgan fingerprint density at radius 2 is 1.78 bits per heavy atom. The molecule has 0 rings (SSSR count). The Labute approximate surface area is 108 Å². The lowest BCUT2D eigenvalue weighted by molar-refractivity contribution is -0.157. The maximum absolute atomic E-state index is 11.8. The van der Waals surface area contributed by atoms with Crippen LogP contribution in [0.5, 0.6) is 0 Å². The van der Waals surface area contributed by atoms with Crippen molar-refractivity contribution in [2.24, 2.45) is 0 Å². The molecule has 0 aliphatic heterocycles. The summed E-state index contributed by atoms with van der Waals surface area (Å²) < 4.78 is 29.6. The van der Waals surface area contributed by atoms with Crippen LogP contribution in [-0.2, 0) is 24.3 Å². The van der Waals surface area contributed by atoms with Crippen molar-refractivity contribution in [3.8, 4) is 0 Å². The minimum Gasteiger partial charge on any atom is -0.459 e. The Bertz CT molecular complexity index is 408. The predicted molar refractivity (Wildman–Crippen MR) is 67.5 cm³/mol. The number of ketones is 1. The first-order valence-corrected chi connectivity index (χ1v) is 7.49. The topological polar surface area (TPSA) is 89.5 Å². The predicted octanol–water partition coefficient (Wildman–Crippen LogP) is 0.615. The number of nitrogens with one attached hydrogen (secondary N) is 1. The largest absolute Gasteiger partial charge is 0.459 e. The SMILES string of the molecule is CC(=O)CC[C@H](NS(C)(=O)=O)C(=O)OC(C)(C)C. The Kier molecular flexibility index (Phi) is 5.95. The highest BCUT2D eigenvalue weighted by molar-refractivity contribution is 7.88. The number of sulfonamides is 1. The van der Waals surface area contributed by atoms with Crippen LogP contribution in [0, 0.1) is 0 Å². The van der Waals surface area contributed by atoms with Crippen LogP contribution < -0.4 is 4.72 Å². The Morgan fingerprint density at radius 1 is 1.28 bits per heavy atom. The number of carbonyl (C=O) groups excluding carboxylic acids is 2. The summed E-state index contributed by atoms with van der Waals surface area (Å²) in [5.74, 6) is -0.784. The van der Waals surface area contributed by atoms with Crippen molar-refractivity contribution in [1.82, 2.24) is 4.72 Å². The molecular weight excluding hydrogens is 258 g/mol. The normalized spacial score (nSPS) is 14.1. The monoisotopic (exact) mass is 279 g/mol. The summed E-state index contributed by atoms with van der Waals surface area (Å²) in [5, 5.41) is 0. The standard InChI is InChI=1S/C11H21NO5S/c1-8(13)6-7-9(12-18(5,15)16)10(14)17-11(2,3)4/h9,12H,6-7H2,1-5H3/t9-/m0/s1. The molecule has 0 radical (unpaired) electrons. The first-order chi connectivity index (χ1) is 7.91. The van der Waals surface area contributed by atoms with Crippen molar-refractivity contribution in [3.63, 3.8) is 0 Å². The molecule has 0 fully saturated rings. The molecule has 0 aliphatic rings. The Morgan fingerprint density at radius 3 is 2.11 bits per heavy atom. The van der Waals surface area contributed by atoms with Crippen molar-refractivity contribution in [1.29, 1.82) is 0 Å². The van der Waals surface area contributed by atoms with Gasteiger partial charge in [-0.3, -0.25) is 4.79 Å². The van der Waals surface area contributed by atoms with Crippen molar-refractivity contribution in [2.75, 3.05) is 6.26 Å². The third-order valence-electron chi connectivity index (χ3n) is 1.83. The minimum absolute atomic E-state index is 0.0946. The smallest absolute Gasteiger partial charge is 0.324 e. The van der Waals surface area contributed by atoms with Crippen LogP contribution in [0.4, 0.5) is 0 Å². The van der Waals surface area contributed by atoms with Gasteiger partial charge in [0.25, 0.3) is 0 Å². The molecule has 0 spiro atoms. The summed E-state index contributed by atoms with van der Waals surface area (Å²) in [6, 6.07) is -1.02. The second-order valence-corrected chi connectivity index (χ2v) is 7.00. The van der Waals surface area contributed by atoms with E-state index >= 15 is 0 Å². The fourth-order valence-electron chi connectivity index (χ4n) is 1.20. The molecule has 0 amide bonds. The van der Waals surface area contributed by atoms with Crippen LogP contribution in [-0.4, -0.2) is 38.1 Å². The lowest BCUT2D eigenvalue weighted by Crippen LogP contribution is -2.43. The van der Waals surface area contributed by atoms with Gasteiger partial charge in [-0.2, -0.15) is 0 Å². The summed E-state index contributed by atoms with van der Waals surface area (Å²) in [5.41, 5.74) is -0.704. The minimum atomic E-state index is -3.53. The van der Waals surface area contributed by atoms with E-state index in [-0.39, 0.29) is 18.6 Å². The average Bonchev–Trinajstić information content (AvgIpc) is 2.06. The Hall–Kier alpha value is -0.950. The molecule has 0 aromatic carbocycles. The van der Waals surface area contributed by atoms with Gasteiger partial charge in [-0.1, -0.05) is 0 Å². The third-order valence-corrected chi connectivity index (χ3v) is 2.55. The van der Waals surface area contributed by atoms with Gasteiger partial charge in [0.1, 0.15) is 17.4 Å². The molecule has 0 saturated heterocycles. The number of hydrogen-bond acceptors (Lipinski definition) is 5. The van der Waals surface area contributed by atoms with E-state index in [4.69, 9.17) is 4.74 Å². The first-order valence-electron chi connectivity index (χ1n) is 5.60. The van der Waals surface area contributed by atoms with Gasteiger partial charge in [0.15, 0.2) is 0 Å². The molecule has 1 atom stereocenters. The van der Waals surface area contributed by atoms with Crippen molar-refractivity contribution >= 4 is 21.8 Å². The highest BCUT2D eigenvalue weighted by Crippen LogP contribution is 2.11. The molecule has 0 aromatic heterocycles. The molecule has 6 nitrogen and oxygen atoms in total. The van der Waals surface area contributed by atoms with Crippen LogP contribution in [0.3, 0.4) is 0 Å². The number of Topliss-reactive ketones (excluding diaryl/α,β-unsaturated/α-hetero) is 1. The lowest BCUT2D eigenvalue weighted by Gasteiger charge is -2.23. The number of esters is 1. The molecule has 0 aliphatic carbocycles. The number of rotatable bonds is 6. The van der Waals surface area contributed by atoms with Crippen molar-refractivity contribution in [3.05, 3.63) is 0 Å². The zero-order valence-corrected chi connectivity index (χ0v) is 12.3. The highest BCUT2D eigenvalue weighted by atomic mass is 32.2. The van der Waals surface area contributed by atoms with Crippen LogP contribution in [0.25, 0.3) is 0 Å². The van der Waals surface area contributed by atoms with Crippen LogP contribution >= 0.6 is 0 Å². The zero-order chi connectivity index (χ0) is 14.6. The molecule has 1 N–H and O–H groups in total. The summed E-state index contributed by atoms with van der Waals surface area (Å²) in [6.07, 6.45) is 1.17. The summed E-state index contributed by atoms with van der Waals surface area (Å²) in [6.45, 7) is 6.45. The summed E-state index contributed by atoms with van der Waals surface area (Å²) >= 11 is 0. The van der Waals surface area contributed by atoms with Crippen LogP contribution in [0.15, 0.2) is 0 Å². The van der Waals surface area contributed by atoms with E-state index in [9.17, 15) is 18.0 Å². The summed E-state index contributed by atoms with van der Waals surface area (Å²) in [7, 11) is -3.53. The zero-order valence-electron chi connectivity index (χ0n) is 11.4. The van der Waals surface area contributed by atoms with Gasteiger partial charge in [-0.05, 0) is 34.1 Å². The quantitative estimate of drug-likeness (QED) is 0.720. The fraction of sp³-hybridized carbons (Fsp3) is 0.818. The van der Waals surface area contributed by atoms with E-state index in [1.807, 2.05) is 0 Å². The molecule has 18 heavy (non-hydrogen) atoms. The van der Waals surface area contributed by atoms with Gasteiger partial charge in [0.2, 0.25) is 10.0 Å². The Balaban J connectivity index is 4.75. The fourth-order valence-corrected chi connectivity index (χ4v) is 1.93. The van der Waals surface area contributed by atoms with Gasteiger partial charge in [0, 0.05) is 6.42 Å². The van der Waals surface area contributed by atoms with Crippen LogP contribution in [0.2, 0.25) is 0 Å². The second-order valence-electron chi connectivity index (χ2n) is 5.22. The first kappa shape index (κ1) is 17.1. The maximum atomic E-state index is 11.8. The van der Waals surface area contributed by atoms with E-state index in [1.165, 1.54) is 6.92 Å². The third kappa shape index (κ3) is 9.12. The molecule has 0 unspecified atom stereocenters. The number of ether oxygens (including phenoxy) is 1. The van der Waals surface area contributed by atoms with E-state index in [1.54, 1.807) is 20.8 Å². The molecule has 0 aromatic rings. The van der Waals surface area contributed by atoms with E-state index in [0.717, 1.165) is 6.26 Å². The van der Waals surface area contributed by atoms with Crippen molar-refractivity contribution < 1.29 is 22.7 Å². The maximum Gasteiger partial charge on any atom is 0.324 e. The van der Waals surface area contributed by atoms with Gasteiger partial charge < -0.3 is 9.53 Å². The molecule has 0 saturated carbocycles. The highest BCUT2D eigenvalue weighted by Gasteiger charge is 2.27. The second kappa shape index (κ2) is 6.29. The number of carbonyl (C=O) groups is 2. The van der Waals surface area contributed by atoms with E-state index < -0.39 is 27.6 Å². The molecule has 106 valence electrons. The molecule has 0 heterocycles. The van der Waals surface area contributed by atoms with Gasteiger partial charge in [0.05, 0.1) is 6.26 Å². The molecular formula is C11H21NO5S. The average molecular weight is 279 g/mol. The van der Waals surface area contributed by atoms with Crippen LogP contribution in [0.1, 0.15) is 40.5 Å². The van der Waals surface area contributed by atoms with E-state index in [0.29, 0.717) is 0 Å². The number of hydrogen-bond donors (Lipinski definition) is 1. The molecule has 0 bridgehead atoms. The van der Waals surface area contributed by atoms with Crippen molar-refractivity contribution in [2.45, 2.75) is 52.2 Å². The van der Waals surface area contributed by atoms with Gasteiger partial charge in [-0.25, -0.2) is 13.1 Å². The van der Waals surface area contributed by atoms with Gasteiger partial charge in [-0.15, -0.1) is 0 Å².